The zero-order valence-corrected chi connectivity index (χ0v) is 12.1. The highest BCUT2D eigenvalue weighted by atomic mass is 16.5. The van der Waals surface area contributed by atoms with E-state index in [4.69, 9.17) is 4.74 Å². The van der Waals surface area contributed by atoms with Crippen molar-refractivity contribution < 1.29 is 9.53 Å². The molecule has 0 N–H and O–H groups in total. The van der Waals surface area contributed by atoms with Gasteiger partial charge in [0.25, 0.3) is 0 Å². The number of rotatable bonds is 3. The summed E-state index contributed by atoms with van der Waals surface area (Å²) in [5.74, 6) is 0.588. The van der Waals surface area contributed by atoms with Crippen molar-refractivity contribution in [1.29, 1.82) is 0 Å². The summed E-state index contributed by atoms with van der Waals surface area (Å²) >= 11 is 0. The molecule has 0 atom stereocenters. The molecule has 0 saturated carbocycles. The normalized spacial score (nSPS) is 16.7. The maximum atomic E-state index is 11.5. The minimum atomic E-state index is -0.0604. The Balaban J connectivity index is 1.96. The number of esters is 1. The van der Waals surface area contributed by atoms with Crippen LogP contribution in [-0.2, 0) is 9.53 Å². The lowest BCUT2D eigenvalue weighted by molar-refractivity contribution is -0.146. The largest absolute Gasteiger partial charge is 0.469 e. The van der Waals surface area contributed by atoms with Gasteiger partial charge in [-0.25, -0.2) is 0 Å². The van der Waals surface area contributed by atoms with Crippen molar-refractivity contribution in [3.63, 3.8) is 0 Å². The van der Waals surface area contributed by atoms with E-state index in [1.165, 1.54) is 18.4 Å². The third kappa shape index (κ3) is 3.28. The monoisotopic (exact) mass is 261 g/mol. The van der Waals surface area contributed by atoms with Crippen LogP contribution in [0.25, 0.3) is 0 Å². The Morgan fingerprint density at radius 2 is 1.79 bits per heavy atom. The first-order valence-corrected chi connectivity index (χ1v) is 7.04. The molecular weight excluding hydrogens is 238 g/mol. The fourth-order valence-corrected chi connectivity index (χ4v) is 2.61. The highest BCUT2D eigenvalue weighted by molar-refractivity contribution is 5.72. The van der Waals surface area contributed by atoms with Gasteiger partial charge < -0.3 is 9.64 Å². The molecule has 0 amide bonds. The lowest BCUT2D eigenvalue weighted by atomic mass is 9.96. The van der Waals surface area contributed by atoms with E-state index in [9.17, 15) is 4.79 Å². The smallest absolute Gasteiger partial charge is 0.308 e. The van der Waals surface area contributed by atoms with Crippen molar-refractivity contribution in [2.75, 3.05) is 25.1 Å². The maximum Gasteiger partial charge on any atom is 0.308 e. The van der Waals surface area contributed by atoms with Gasteiger partial charge in [0.15, 0.2) is 0 Å². The van der Waals surface area contributed by atoms with Crippen LogP contribution in [0.4, 0.5) is 5.69 Å². The van der Waals surface area contributed by atoms with Gasteiger partial charge in [-0.05, 0) is 36.5 Å². The van der Waals surface area contributed by atoms with Gasteiger partial charge in [-0.2, -0.15) is 0 Å². The summed E-state index contributed by atoms with van der Waals surface area (Å²) in [4.78, 5) is 13.8. The van der Waals surface area contributed by atoms with Gasteiger partial charge in [0, 0.05) is 18.8 Å². The van der Waals surface area contributed by atoms with E-state index in [2.05, 4.69) is 43.0 Å². The van der Waals surface area contributed by atoms with Gasteiger partial charge in [-0.3, -0.25) is 4.79 Å². The van der Waals surface area contributed by atoms with Crippen LogP contribution < -0.4 is 4.90 Å². The summed E-state index contributed by atoms with van der Waals surface area (Å²) in [6.07, 6.45) is 1.78. The average molecular weight is 261 g/mol. The molecule has 0 unspecified atom stereocenters. The first kappa shape index (κ1) is 13.9. The number of piperidine rings is 1. The highest BCUT2D eigenvalue weighted by Gasteiger charge is 2.25. The van der Waals surface area contributed by atoms with Gasteiger partial charge in [-0.1, -0.05) is 26.0 Å². The second kappa shape index (κ2) is 6.09. The Bertz CT molecular complexity index is 417. The van der Waals surface area contributed by atoms with Crippen LogP contribution in [0.1, 0.15) is 38.2 Å². The average Bonchev–Trinajstić information content (AvgIpc) is 2.46. The molecule has 104 valence electrons. The molecule has 0 spiro atoms. The Kier molecular flexibility index (Phi) is 4.46. The van der Waals surface area contributed by atoms with Gasteiger partial charge in [0.05, 0.1) is 13.0 Å². The van der Waals surface area contributed by atoms with Crippen LogP contribution in [0, 0.1) is 5.92 Å². The minimum Gasteiger partial charge on any atom is -0.469 e. The number of benzene rings is 1. The zero-order valence-electron chi connectivity index (χ0n) is 12.1. The molecule has 1 fully saturated rings. The second-order valence-electron chi connectivity index (χ2n) is 5.53. The van der Waals surface area contributed by atoms with E-state index in [-0.39, 0.29) is 11.9 Å². The summed E-state index contributed by atoms with van der Waals surface area (Å²) in [6.45, 7) is 6.27. The molecule has 2 rings (SSSR count). The van der Waals surface area contributed by atoms with Crippen LogP contribution >= 0.6 is 0 Å². The fraction of sp³-hybridized carbons (Fsp3) is 0.562. The number of ether oxygens (including phenoxy) is 1. The van der Waals surface area contributed by atoms with E-state index in [0.717, 1.165) is 25.9 Å². The van der Waals surface area contributed by atoms with Crippen molar-refractivity contribution in [3.05, 3.63) is 29.8 Å². The van der Waals surface area contributed by atoms with Crippen LogP contribution in [0.5, 0.6) is 0 Å². The lowest BCUT2D eigenvalue weighted by Crippen LogP contribution is -2.36. The molecule has 0 aromatic heterocycles. The first-order valence-electron chi connectivity index (χ1n) is 7.04. The SMILES string of the molecule is COC(=O)C1CCN(c2ccc(C(C)C)cc2)CC1. The van der Waals surface area contributed by atoms with Crippen LogP contribution in [0.15, 0.2) is 24.3 Å². The van der Waals surface area contributed by atoms with E-state index in [0.29, 0.717) is 5.92 Å². The van der Waals surface area contributed by atoms with Crippen molar-refractivity contribution in [2.45, 2.75) is 32.6 Å². The van der Waals surface area contributed by atoms with Crippen molar-refractivity contribution in [2.24, 2.45) is 5.92 Å². The molecule has 1 aromatic carbocycles. The van der Waals surface area contributed by atoms with Crippen LogP contribution in [-0.4, -0.2) is 26.2 Å². The molecule has 3 nitrogen and oxygen atoms in total. The fourth-order valence-electron chi connectivity index (χ4n) is 2.61. The topological polar surface area (TPSA) is 29.5 Å². The zero-order chi connectivity index (χ0) is 13.8. The summed E-state index contributed by atoms with van der Waals surface area (Å²) in [6, 6.07) is 8.78. The molecule has 1 aliphatic rings. The molecule has 0 bridgehead atoms. The number of methoxy groups -OCH3 is 1. The quantitative estimate of drug-likeness (QED) is 0.783. The summed E-state index contributed by atoms with van der Waals surface area (Å²) in [5, 5.41) is 0. The van der Waals surface area contributed by atoms with E-state index < -0.39 is 0 Å². The van der Waals surface area contributed by atoms with E-state index in [1.54, 1.807) is 0 Å². The lowest BCUT2D eigenvalue weighted by Gasteiger charge is -2.32. The number of carbonyl (C=O) groups is 1. The van der Waals surface area contributed by atoms with Crippen LogP contribution in [0.2, 0.25) is 0 Å². The third-order valence-corrected chi connectivity index (χ3v) is 3.95. The van der Waals surface area contributed by atoms with Crippen LogP contribution in [0.3, 0.4) is 0 Å². The summed E-state index contributed by atoms with van der Waals surface area (Å²) < 4.78 is 4.82. The minimum absolute atomic E-state index is 0.0604. The molecule has 1 saturated heterocycles. The highest BCUT2D eigenvalue weighted by Crippen LogP contribution is 2.25. The molecule has 3 heteroatoms. The van der Waals surface area contributed by atoms with E-state index in [1.807, 2.05) is 0 Å². The molecular formula is C16H23NO2. The first-order chi connectivity index (χ1) is 9.11. The Hall–Kier alpha value is -1.51. The number of hydrogen-bond donors (Lipinski definition) is 0. The standard InChI is InChI=1S/C16H23NO2/c1-12(2)13-4-6-15(7-5-13)17-10-8-14(9-11-17)16(18)19-3/h4-7,12,14H,8-11H2,1-3H3. The number of nitrogens with zero attached hydrogens (tertiary/aromatic N) is 1. The van der Waals surface area contributed by atoms with Crippen molar-refractivity contribution >= 4 is 11.7 Å². The summed E-state index contributed by atoms with van der Waals surface area (Å²) in [5.41, 5.74) is 2.63. The second-order valence-corrected chi connectivity index (χ2v) is 5.53. The molecule has 0 radical (unpaired) electrons. The van der Waals surface area contributed by atoms with Crippen molar-refractivity contribution in [3.8, 4) is 0 Å². The van der Waals surface area contributed by atoms with Gasteiger partial charge >= 0.3 is 5.97 Å². The Morgan fingerprint density at radius 1 is 1.21 bits per heavy atom. The van der Waals surface area contributed by atoms with Crippen molar-refractivity contribution in [1.82, 2.24) is 0 Å². The molecule has 0 aliphatic carbocycles. The predicted molar refractivity (Wildman–Crippen MR) is 77.5 cm³/mol. The van der Waals surface area contributed by atoms with Gasteiger partial charge in [-0.15, -0.1) is 0 Å². The molecule has 1 heterocycles. The number of carbonyl (C=O) groups excluding carboxylic acids is 1. The molecule has 19 heavy (non-hydrogen) atoms. The van der Waals surface area contributed by atoms with Gasteiger partial charge in [0.2, 0.25) is 0 Å². The summed E-state index contributed by atoms with van der Waals surface area (Å²) in [7, 11) is 1.47. The molecule has 1 aliphatic heterocycles. The molecule has 1 aromatic rings. The number of hydrogen-bond acceptors (Lipinski definition) is 3. The third-order valence-electron chi connectivity index (χ3n) is 3.95. The van der Waals surface area contributed by atoms with Gasteiger partial charge in [0.1, 0.15) is 0 Å². The Labute approximate surface area is 115 Å². The predicted octanol–water partition coefficient (Wildman–Crippen LogP) is 3.20. The number of anilines is 1. The maximum absolute atomic E-state index is 11.5. The Morgan fingerprint density at radius 3 is 2.26 bits per heavy atom. The van der Waals surface area contributed by atoms with E-state index >= 15 is 0 Å².